The Bertz CT molecular complexity index is 491. The molecule has 3 rings (SSSR count). The summed E-state index contributed by atoms with van der Waals surface area (Å²) in [6.45, 7) is 0. The molecule has 0 saturated heterocycles. The van der Waals surface area contributed by atoms with Gasteiger partial charge in [0.2, 0.25) is 0 Å². The molecule has 0 aliphatic heterocycles. The molecule has 0 heterocycles. The summed E-state index contributed by atoms with van der Waals surface area (Å²) in [5, 5.41) is 3.07. The van der Waals surface area contributed by atoms with Gasteiger partial charge in [0.15, 0.2) is 0 Å². The lowest BCUT2D eigenvalue weighted by atomic mass is 10.1. The van der Waals surface area contributed by atoms with Crippen LogP contribution < -0.4 is 10.4 Å². The number of hydrogen-bond acceptors (Lipinski definition) is 0. The van der Waals surface area contributed by atoms with Crippen LogP contribution in [-0.4, -0.2) is 8.80 Å². The molecule has 1 radical (unpaired) electrons. The quantitative estimate of drug-likeness (QED) is 0.588. The van der Waals surface area contributed by atoms with E-state index < -0.39 is 8.80 Å². The summed E-state index contributed by atoms with van der Waals surface area (Å²) >= 11 is 0. The van der Waals surface area contributed by atoms with Crippen molar-refractivity contribution in [2.75, 3.05) is 0 Å². The van der Waals surface area contributed by atoms with Gasteiger partial charge >= 0.3 is 0 Å². The maximum absolute atomic E-state index is 2.47. The highest BCUT2D eigenvalue weighted by Crippen LogP contribution is 2.25. The van der Waals surface area contributed by atoms with Crippen LogP contribution in [-0.2, 0) is 0 Å². The highest BCUT2D eigenvalue weighted by Gasteiger charge is 2.25. The fourth-order valence-electron chi connectivity index (χ4n) is 2.88. The van der Waals surface area contributed by atoms with E-state index in [9.17, 15) is 0 Å². The number of benzene rings is 2. The zero-order chi connectivity index (χ0) is 12.9. The molecule has 1 heteroatoms. The molecule has 2 aromatic rings. The fourth-order valence-corrected chi connectivity index (χ4v) is 6.00. The Kier molecular flexibility index (Phi) is 3.94. The SMILES string of the molecule is C1=CC([Si](c2ccccc2)c2ccccc2)CCC1. The van der Waals surface area contributed by atoms with E-state index in [4.69, 9.17) is 0 Å². The van der Waals surface area contributed by atoms with Crippen molar-refractivity contribution in [1.29, 1.82) is 0 Å². The molecule has 2 aromatic carbocycles. The predicted molar refractivity (Wildman–Crippen MR) is 84.6 cm³/mol. The third-order valence-corrected chi connectivity index (χ3v) is 6.93. The molecule has 19 heavy (non-hydrogen) atoms. The summed E-state index contributed by atoms with van der Waals surface area (Å²) in [4.78, 5) is 0. The second-order valence-electron chi connectivity index (χ2n) is 5.11. The first kappa shape index (κ1) is 12.4. The molecule has 0 fully saturated rings. The maximum atomic E-state index is 2.47. The Labute approximate surface area is 117 Å². The normalized spacial score (nSPS) is 18.7. The molecule has 0 N–H and O–H groups in total. The topological polar surface area (TPSA) is 0 Å². The van der Waals surface area contributed by atoms with Crippen LogP contribution in [0.3, 0.4) is 0 Å². The summed E-state index contributed by atoms with van der Waals surface area (Å²) in [7, 11) is -0.687. The van der Waals surface area contributed by atoms with Gasteiger partial charge in [0.05, 0.1) is 0 Å². The molecule has 1 aliphatic carbocycles. The summed E-state index contributed by atoms with van der Waals surface area (Å²) in [5.74, 6) is 0. The van der Waals surface area contributed by atoms with Crippen molar-refractivity contribution in [2.45, 2.75) is 24.8 Å². The van der Waals surface area contributed by atoms with Crippen LogP contribution >= 0.6 is 0 Å². The van der Waals surface area contributed by atoms with Gasteiger partial charge in [0.25, 0.3) is 0 Å². The van der Waals surface area contributed by atoms with Crippen LogP contribution in [0.15, 0.2) is 72.8 Å². The summed E-state index contributed by atoms with van der Waals surface area (Å²) in [5.41, 5.74) is 0.739. The van der Waals surface area contributed by atoms with Gasteiger partial charge < -0.3 is 0 Å². The molecule has 0 amide bonds. The third-order valence-electron chi connectivity index (χ3n) is 3.79. The van der Waals surface area contributed by atoms with E-state index in [1.54, 1.807) is 0 Å². The average Bonchev–Trinajstić information content (AvgIpc) is 2.51. The number of rotatable bonds is 3. The molecule has 0 spiro atoms. The second kappa shape index (κ2) is 6.03. The first-order chi connectivity index (χ1) is 9.45. The Morgan fingerprint density at radius 1 is 0.789 bits per heavy atom. The first-order valence-corrected chi connectivity index (χ1v) is 8.67. The Morgan fingerprint density at radius 2 is 1.37 bits per heavy atom. The zero-order valence-corrected chi connectivity index (χ0v) is 12.1. The van der Waals surface area contributed by atoms with E-state index >= 15 is 0 Å². The monoisotopic (exact) mass is 263 g/mol. The van der Waals surface area contributed by atoms with Gasteiger partial charge in [-0.25, -0.2) is 0 Å². The van der Waals surface area contributed by atoms with E-state index in [0.29, 0.717) is 0 Å². The average molecular weight is 263 g/mol. The molecule has 0 aromatic heterocycles. The molecule has 0 bridgehead atoms. The van der Waals surface area contributed by atoms with Gasteiger partial charge in [-0.3, -0.25) is 0 Å². The van der Waals surface area contributed by atoms with Gasteiger partial charge in [0.1, 0.15) is 8.80 Å². The van der Waals surface area contributed by atoms with Crippen molar-refractivity contribution in [3.05, 3.63) is 72.8 Å². The molecule has 1 atom stereocenters. The highest BCUT2D eigenvalue weighted by molar-refractivity contribution is 6.86. The predicted octanol–water partition coefficient (Wildman–Crippen LogP) is 3.41. The number of hydrogen-bond donors (Lipinski definition) is 0. The third kappa shape index (κ3) is 2.87. The van der Waals surface area contributed by atoms with Crippen molar-refractivity contribution in [2.24, 2.45) is 0 Å². The van der Waals surface area contributed by atoms with Crippen LogP contribution in [0.4, 0.5) is 0 Å². The van der Waals surface area contributed by atoms with Gasteiger partial charge in [-0.15, -0.1) is 0 Å². The Balaban J connectivity index is 2.01. The minimum atomic E-state index is -0.687. The smallest absolute Gasteiger partial charge is 0.0885 e. The summed E-state index contributed by atoms with van der Waals surface area (Å²) in [6.07, 6.45) is 8.79. The van der Waals surface area contributed by atoms with Crippen molar-refractivity contribution in [3.63, 3.8) is 0 Å². The van der Waals surface area contributed by atoms with Crippen LogP contribution in [0.25, 0.3) is 0 Å². The fraction of sp³-hybridized carbons (Fsp3) is 0.222. The Morgan fingerprint density at radius 3 is 1.84 bits per heavy atom. The molecular formula is C18H19Si. The first-order valence-electron chi connectivity index (χ1n) is 7.09. The zero-order valence-electron chi connectivity index (χ0n) is 11.1. The molecule has 95 valence electrons. The van der Waals surface area contributed by atoms with Crippen LogP contribution in [0, 0.1) is 0 Å². The lowest BCUT2D eigenvalue weighted by Gasteiger charge is -2.26. The largest absolute Gasteiger partial charge is 0.128 e. The van der Waals surface area contributed by atoms with Crippen LogP contribution in [0.2, 0.25) is 5.54 Å². The highest BCUT2D eigenvalue weighted by atomic mass is 28.3. The van der Waals surface area contributed by atoms with Crippen LogP contribution in [0.1, 0.15) is 19.3 Å². The molecular weight excluding hydrogens is 244 g/mol. The van der Waals surface area contributed by atoms with Crippen molar-refractivity contribution in [3.8, 4) is 0 Å². The van der Waals surface area contributed by atoms with E-state index in [1.165, 1.54) is 29.6 Å². The van der Waals surface area contributed by atoms with Crippen molar-refractivity contribution in [1.82, 2.24) is 0 Å². The van der Waals surface area contributed by atoms with Crippen LogP contribution in [0.5, 0.6) is 0 Å². The van der Waals surface area contributed by atoms with Crippen molar-refractivity contribution < 1.29 is 0 Å². The second-order valence-corrected chi connectivity index (χ2v) is 7.83. The molecule has 0 saturated carbocycles. The van der Waals surface area contributed by atoms with E-state index in [1.807, 2.05) is 0 Å². The maximum Gasteiger partial charge on any atom is 0.128 e. The summed E-state index contributed by atoms with van der Waals surface area (Å²) < 4.78 is 0. The van der Waals surface area contributed by atoms with E-state index in [0.717, 1.165) is 5.54 Å². The van der Waals surface area contributed by atoms with E-state index in [-0.39, 0.29) is 0 Å². The lowest BCUT2D eigenvalue weighted by Crippen LogP contribution is -2.45. The van der Waals surface area contributed by atoms with Gasteiger partial charge in [-0.1, -0.05) is 83.2 Å². The minimum absolute atomic E-state index is 0.687. The standard InChI is InChI=1S/C18H19Si/c1-4-10-16(11-5-1)19(17-12-6-2-7-13-17)18-14-8-3-9-15-18/h1-2,4-8,10-14,18H,3,9,15H2. The number of allylic oxidation sites excluding steroid dienone is 2. The lowest BCUT2D eigenvalue weighted by molar-refractivity contribution is 0.723. The van der Waals surface area contributed by atoms with E-state index in [2.05, 4.69) is 72.8 Å². The van der Waals surface area contributed by atoms with Gasteiger partial charge in [0, 0.05) is 0 Å². The van der Waals surface area contributed by atoms with Crippen molar-refractivity contribution >= 4 is 19.2 Å². The minimum Gasteiger partial charge on any atom is -0.0885 e. The van der Waals surface area contributed by atoms with Gasteiger partial charge in [-0.2, -0.15) is 0 Å². The molecule has 0 nitrogen and oxygen atoms in total. The Hall–Kier alpha value is -1.60. The summed E-state index contributed by atoms with van der Waals surface area (Å²) in [6, 6.07) is 22.2. The molecule has 1 unspecified atom stereocenters. The van der Waals surface area contributed by atoms with Gasteiger partial charge in [-0.05, 0) is 24.8 Å². The molecule has 1 aliphatic rings.